The van der Waals surface area contributed by atoms with Crippen molar-refractivity contribution in [2.45, 2.75) is 20.8 Å². The minimum atomic E-state index is 0.472. The third-order valence-electron chi connectivity index (χ3n) is 3.54. The highest BCUT2D eigenvalue weighted by Gasteiger charge is 2.10. The van der Waals surface area contributed by atoms with Crippen LogP contribution in [0.15, 0.2) is 35.4 Å². The molecule has 3 aromatic rings. The first kappa shape index (κ1) is 14.5. The number of nitrogens with zero attached hydrogens (tertiary/aromatic N) is 3. The predicted molar refractivity (Wildman–Crippen MR) is 90.8 cm³/mol. The number of hydrogen-bond donors (Lipinski definition) is 2. The molecule has 0 fully saturated rings. The van der Waals surface area contributed by atoms with E-state index in [1.54, 1.807) is 10.9 Å². The third-order valence-corrected chi connectivity index (χ3v) is 3.80. The van der Waals surface area contributed by atoms with E-state index in [0.717, 1.165) is 28.1 Å². The minimum absolute atomic E-state index is 0.472. The number of benzene rings is 1. The maximum Gasteiger partial charge on any atom is 0.216 e. The molecule has 5 nitrogen and oxygen atoms in total. The van der Waals surface area contributed by atoms with E-state index < -0.39 is 0 Å². The van der Waals surface area contributed by atoms with Gasteiger partial charge >= 0.3 is 0 Å². The molecule has 0 atom stereocenters. The fourth-order valence-corrected chi connectivity index (χ4v) is 2.58. The van der Waals surface area contributed by atoms with Gasteiger partial charge in [-0.1, -0.05) is 24.3 Å². The number of rotatable bonds is 3. The van der Waals surface area contributed by atoms with E-state index in [2.05, 4.69) is 26.3 Å². The Balaban J connectivity index is 2.06. The monoisotopic (exact) mass is 311 g/mol. The Morgan fingerprint density at radius 2 is 2.00 bits per heavy atom. The van der Waals surface area contributed by atoms with E-state index in [1.807, 2.05) is 45.0 Å². The fourth-order valence-electron chi connectivity index (χ4n) is 2.40. The zero-order chi connectivity index (χ0) is 15.7. The van der Waals surface area contributed by atoms with E-state index in [4.69, 9.17) is 12.2 Å². The summed E-state index contributed by atoms with van der Waals surface area (Å²) in [4.78, 5) is 3.26. The van der Waals surface area contributed by atoms with Gasteiger partial charge in [0.1, 0.15) is 0 Å². The van der Waals surface area contributed by atoms with Gasteiger partial charge in [0.15, 0.2) is 5.82 Å². The Bertz CT molecular complexity index is 897. The van der Waals surface area contributed by atoms with Crippen LogP contribution in [0.25, 0.3) is 11.4 Å². The van der Waals surface area contributed by atoms with Gasteiger partial charge < -0.3 is 4.98 Å². The Morgan fingerprint density at radius 3 is 2.68 bits per heavy atom. The van der Waals surface area contributed by atoms with Gasteiger partial charge in [0.2, 0.25) is 4.77 Å². The Kier molecular flexibility index (Phi) is 3.77. The molecule has 1 aromatic carbocycles. The van der Waals surface area contributed by atoms with Gasteiger partial charge in [-0.15, -0.1) is 0 Å². The van der Waals surface area contributed by atoms with Crippen molar-refractivity contribution < 1.29 is 0 Å². The average molecular weight is 311 g/mol. The summed E-state index contributed by atoms with van der Waals surface area (Å²) in [5.41, 5.74) is 5.36. The summed E-state index contributed by atoms with van der Waals surface area (Å²) < 4.78 is 2.12. The van der Waals surface area contributed by atoms with Crippen LogP contribution in [-0.4, -0.2) is 26.1 Å². The van der Waals surface area contributed by atoms with Gasteiger partial charge in [0.05, 0.1) is 6.21 Å². The predicted octanol–water partition coefficient (Wildman–Crippen LogP) is 3.74. The second kappa shape index (κ2) is 5.73. The molecule has 0 radical (unpaired) electrons. The van der Waals surface area contributed by atoms with Gasteiger partial charge in [-0.05, 0) is 44.6 Å². The van der Waals surface area contributed by atoms with Crippen molar-refractivity contribution in [1.29, 1.82) is 0 Å². The summed E-state index contributed by atoms with van der Waals surface area (Å²) in [5.74, 6) is 0.712. The number of H-pyrrole nitrogens is 2. The molecular formula is C16H17N5S. The molecule has 0 aliphatic carbocycles. The smallest absolute Gasteiger partial charge is 0.216 e. The van der Waals surface area contributed by atoms with Crippen molar-refractivity contribution in [2.75, 3.05) is 0 Å². The minimum Gasteiger partial charge on any atom is -0.362 e. The zero-order valence-corrected chi connectivity index (χ0v) is 13.5. The lowest BCUT2D eigenvalue weighted by atomic mass is 10.1. The lowest BCUT2D eigenvalue weighted by molar-refractivity contribution is 0.870. The molecule has 112 valence electrons. The fraction of sp³-hybridized carbons (Fsp3) is 0.188. The summed E-state index contributed by atoms with van der Waals surface area (Å²) >= 11 is 5.29. The largest absolute Gasteiger partial charge is 0.362 e. The van der Waals surface area contributed by atoms with Crippen LogP contribution in [0.5, 0.6) is 0 Å². The third kappa shape index (κ3) is 2.65. The van der Waals surface area contributed by atoms with Crippen LogP contribution in [0.3, 0.4) is 0 Å². The van der Waals surface area contributed by atoms with Crippen LogP contribution >= 0.6 is 12.2 Å². The molecule has 2 N–H and O–H groups in total. The van der Waals surface area contributed by atoms with Crippen molar-refractivity contribution in [3.05, 3.63) is 57.6 Å². The number of aromatic nitrogens is 4. The zero-order valence-electron chi connectivity index (χ0n) is 12.7. The second-order valence-electron chi connectivity index (χ2n) is 5.26. The quantitative estimate of drug-likeness (QED) is 0.572. The molecule has 0 spiro atoms. The molecule has 0 unspecified atom stereocenters. The van der Waals surface area contributed by atoms with Crippen LogP contribution in [-0.2, 0) is 0 Å². The molecule has 0 aliphatic heterocycles. The standard InChI is InChI=1S/C16H17N5S/c1-10-6-4-5-7-14(10)15-19-20-16(22)21(15)17-9-13-8-11(2)18-12(13)3/h4-9,18H,1-3H3,(H,20,22). The number of hydrogen-bond acceptors (Lipinski definition) is 3. The normalized spacial score (nSPS) is 11.4. The molecular weight excluding hydrogens is 294 g/mol. The molecule has 2 heterocycles. The summed E-state index contributed by atoms with van der Waals surface area (Å²) in [6.07, 6.45) is 1.80. The summed E-state index contributed by atoms with van der Waals surface area (Å²) in [6.45, 7) is 6.08. The van der Waals surface area contributed by atoms with Crippen LogP contribution in [0.1, 0.15) is 22.5 Å². The summed E-state index contributed by atoms with van der Waals surface area (Å²) in [5, 5.41) is 11.6. The van der Waals surface area contributed by atoms with Crippen molar-refractivity contribution in [2.24, 2.45) is 5.10 Å². The lowest BCUT2D eigenvalue weighted by Gasteiger charge is -2.04. The van der Waals surface area contributed by atoms with E-state index in [0.29, 0.717) is 10.6 Å². The molecule has 22 heavy (non-hydrogen) atoms. The van der Waals surface area contributed by atoms with Gasteiger partial charge in [-0.3, -0.25) is 0 Å². The van der Waals surface area contributed by atoms with Crippen LogP contribution < -0.4 is 0 Å². The van der Waals surface area contributed by atoms with E-state index >= 15 is 0 Å². The van der Waals surface area contributed by atoms with Gasteiger partial charge in [-0.25, -0.2) is 5.10 Å². The van der Waals surface area contributed by atoms with E-state index in [1.165, 1.54) is 0 Å². The first-order valence-corrected chi connectivity index (χ1v) is 7.41. The maximum absolute atomic E-state index is 5.29. The highest BCUT2D eigenvalue weighted by molar-refractivity contribution is 7.71. The summed E-state index contributed by atoms with van der Waals surface area (Å²) in [6, 6.07) is 10.1. The maximum atomic E-state index is 5.29. The lowest BCUT2D eigenvalue weighted by Crippen LogP contribution is -1.96. The van der Waals surface area contributed by atoms with Crippen LogP contribution in [0.2, 0.25) is 0 Å². The number of aromatic amines is 2. The SMILES string of the molecule is Cc1cc(C=Nn2c(-c3ccccc3C)n[nH]c2=S)c(C)[nH]1. The number of aryl methyl sites for hydroxylation is 3. The molecule has 3 rings (SSSR count). The van der Waals surface area contributed by atoms with E-state index in [9.17, 15) is 0 Å². The first-order valence-electron chi connectivity index (χ1n) is 7.00. The molecule has 0 saturated carbocycles. The molecule has 0 aliphatic rings. The highest BCUT2D eigenvalue weighted by Crippen LogP contribution is 2.21. The average Bonchev–Trinajstić information content (AvgIpc) is 3.00. The second-order valence-corrected chi connectivity index (χ2v) is 5.64. The van der Waals surface area contributed by atoms with E-state index in [-0.39, 0.29) is 0 Å². The van der Waals surface area contributed by atoms with Crippen molar-refractivity contribution >= 4 is 18.4 Å². The Hall–Kier alpha value is -2.47. The Labute approximate surface area is 133 Å². The van der Waals surface area contributed by atoms with Gasteiger partial charge in [0.25, 0.3) is 0 Å². The van der Waals surface area contributed by atoms with Gasteiger partial charge in [-0.2, -0.15) is 14.9 Å². The van der Waals surface area contributed by atoms with Crippen LogP contribution in [0.4, 0.5) is 0 Å². The number of nitrogens with one attached hydrogen (secondary N) is 2. The van der Waals surface area contributed by atoms with Crippen molar-refractivity contribution in [3.8, 4) is 11.4 Å². The molecule has 0 bridgehead atoms. The van der Waals surface area contributed by atoms with Crippen LogP contribution in [0, 0.1) is 25.5 Å². The van der Waals surface area contributed by atoms with Gasteiger partial charge in [0, 0.05) is 22.5 Å². The molecule has 0 saturated heterocycles. The highest BCUT2D eigenvalue weighted by atomic mass is 32.1. The Morgan fingerprint density at radius 1 is 1.23 bits per heavy atom. The van der Waals surface area contributed by atoms with Crippen molar-refractivity contribution in [3.63, 3.8) is 0 Å². The van der Waals surface area contributed by atoms with Crippen molar-refractivity contribution in [1.82, 2.24) is 19.9 Å². The molecule has 2 aromatic heterocycles. The summed E-state index contributed by atoms with van der Waals surface area (Å²) in [7, 11) is 0. The molecule has 6 heteroatoms. The first-order chi connectivity index (χ1) is 10.6. The topological polar surface area (TPSA) is 61.8 Å². The molecule has 0 amide bonds.